The lowest BCUT2D eigenvalue weighted by Crippen LogP contribution is -2.36. The van der Waals surface area contributed by atoms with Gasteiger partial charge in [-0.25, -0.2) is 4.39 Å². The van der Waals surface area contributed by atoms with Gasteiger partial charge in [-0.3, -0.25) is 9.69 Å². The average Bonchev–Trinajstić information content (AvgIpc) is 2.97. The maximum atomic E-state index is 14.0. The van der Waals surface area contributed by atoms with Crippen LogP contribution in [0.4, 0.5) is 17.6 Å². The van der Waals surface area contributed by atoms with Crippen LogP contribution in [0.5, 0.6) is 0 Å². The summed E-state index contributed by atoms with van der Waals surface area (Å²) in [4.78, 5) is 16.0. The van der Waals surface area contributed by atoms with Crippen molar-refractivity contribution >= 4 is 5.91 Å². The Morgan fingerprint density at radius 3 is 2.58 bits per heavy atom. The number of carbonyl (C=O) groups is 1. The zero-order chi connectivity index (χ0) is 18.7. The Labute approximate surface area is 148 Å². The third-order valence-electron chi connectivity index (χ3n) is 4.37. The smallest absolute Gasteiger partial charge is 0.417 e. The molecule has 3 rings (SSSR count). The first-order valence-electron chi connectivity index (χ1n) is 8.26. The SMILES string of the molecule is O=C(c1c(F)cccc1C(F)(F)F)N1CCCN(Cc2ccco2)CC1. The lowest BCUT2D eigenvalue weighted by Gasteiger charge is -2.23. The van der Waals surface area contributed by atoms with Crippen molar-refractivity contribution in [3.05, 3.63) is 59.3 Å². The molecule has 1 aromatic carbocycles. The highest BCUT2D eigenvalue weighted by molar-refractivity contribution is 5.96. The second kappa shape index (κ2) is 7.49. The molecule has 0 unspecified atom stereocenters. The van der Waals surface area contributed by atoms with E-state index in [1.54, 1.807) is 12.3 Å². The molecule has 0 atom stereocenters. The minimum Gasteiger partial charge on any atom is -0.468 e. The standard InChI is InChI=1S/C18H18F4N2O2/c19-15-6-1-5-14(18(20,21)22)16(15)17(25)24-8-3-7-23(9-10-24)12-13-4-2-11-26-13/h1-2,4-6,11H,3,7-10,12H2. The Balaban J connectivity index is 1.75. The van der Waals surface area contributed by atoms with Gasteiger partial charge in [0.1, 0.15) is 11.6 Å². The Morgan fingerprint density at radius 1 is 1.08 bits per heavy atom. The fourth-order valence-corrected chi connectivity index (χ4v) is 3.09. The summed E-state index contributed by atoms with van der Waals surface area (Å²) in [6.07, 6.45) is -2.63. The first-order chi connectivity index (χ1) is 12.4. The molecule has 1 saturated heterocycles. The minimum atomic E-state index is -4.79. The van der Waals surface area contributed by atoms with Crippen molar-refractivity contribution in [2.24, 2.45) is 0 Å². The third-order valence-corrected chi connectivity index (χ3v) is 4.37. The number of hydrogen-bond donors (Lipinski definition) is 0. The minimum absolute atomic E-state index is 0.227. The maximum absolute atomic E-state index is 14.0. The first kappa shape index (κ1) is 18.4. The number of benzene rings is 1. The molecular formula is C18H18F4N2O2. The van der Waals surface area contributed by atoms with E-state index in [0.29, 0.717) is 26.1 Å². The molecule has 0 bridgehead atoms. The van der Waals surface area contributed by atoms with Crippen molar-refractivity contribution in [3.63, 3.8) is 0 Å². The predicted octanol–water partition coefficient (Wildman–Crippen LogP) is 3.79. The first-order valence-corrected chi connectivity index (χ1v) is 8.26. The number of halogens is 4. The molecule has 1 aliphatic rings. The van der Waals surface area contributed by atoms with Gasteiger partial charge in [-0.05, 0) is 30.7 Å². The van der Waals surface area contributed by atoms with Crippen LogP contribution >= 0.6 is 0 Å². The summed E-state index contributed by atoms with van der Waals surface area (Å²) in [6.45, 7) is 2.21. The van der Waals surface area contributed by atoms with Crippen molar-refractivity contribution in [2.45, 2.75) is 19.1 Å². The fourth-order valence-electron chi connectivity index (χ4n) is 3.09. The van der Waals surface area contributed by atoms with Crippen LogP contribution < -0.4 is 0 Å². The number of carbonyl (C=O) groups excluding carboxylic acids is 1. The van der Waals surface area contributed by atoms with Crippen LogP contribution in [0, 0.1) is 5.82 Å². The molecule has 1 aromatic heterocycles. The van der Waals surface area contributed by atoms with Crippen LogP contribution in [0.15, 0.2) is 41.0 Å². The molecule has 0 radical (unpaired) electrons. The van der Waals surface area contributed by atoms with E-state index in [2.05, 4.69) is 4.90 Å². The summed E-state index contributed by atoms with van der Waals surface area (Å²) in [5.41, 5.74) is -2.14. The molecule has 1 fully saturated rings. The van der Waals surface area contributed by atoms with E-state index in [1.807, 2.05) is 6.07 Å². The Hall–Kier alpha value is -2.35. The van der Waals surface area contributed by atoms with Crippen molar-refractivity contribution in [3.8, 4) is 0 Å². The monoisotopic (exact) mass is 370 g/mol. The summed E-state index contributed by atoms with van der Waals surface area (Å²) < 4.78 is 58.8. The maximum Gasteiger partial charge on any atom is 0.417 e. The topological polar surface area (TPSA) is 36.7 Å². The summed E-state index contributed by atoms with van der Waals surface area (Å²) in [6, 6.07) is 6.19. The van der Waals surface area contributed by atoms with Gasteiger partial charge in [0, 0.05) is 26.2 Å². The number of nitrogens with zero attached hydrogens (tertiary/aromatic N) is 2. The van der Waals surface area contributed by atoms with Gasteiger partial charge in [-0.2, -0.15) is 13.2 Å². The van der Waals surface area contributed by atoms with Crippen molar-refractivity contribution in [1.82, 2.24) is 9.80 Å². The van der Waals surface area contributed by atoms with E-state index in [0.717, 1.165) is 24.0 Å². The summed E-state index contributed by atoms with van der Waals surface area (Å²) >= 11 is 0. The van der Waals surface area contributed by atoms with Gasteiger partial charge in [-0.1, -0.05) is 6.07 Å². The van der Waals surface area contributed by atoms with Crippen molar-refractivity contribution in [1.29, 1.82) is 0 Å². The number of amides is 1. The van der Waals surface area contributed by atoms with Gasteiger partial charge in [-0.15, -0.1) is 0 Å². The summed E-state index contributed by atoms with van der Waals surface area (Å²) in [5, 5.41) is 0. The molecule has 1 amide bonds. The molecule has 0 aliphatic carbocycles. The van der Waals surface area contributed by atoms with E-state index in [1.165, 1.54) is 4.90 Å². The van der Waals surface area contributed by atoms with Crippen LogP contribution in [0.3, 0.4) is 0 Å². The predicted molar refractivity (Wildman–Crippen MR) is 85.9 cm³/mol. The van der Waals surface area contributed by atoms with Crippen LogP contribution in [-0.2, 0) is 12.7 Å². The third kappa shape index (κ3) is 4.07. The van der Waals surface area contributed by atoms with Crippen LogP contribution in [0.1, 0.15) is 28.1 Å². The Morgan fingerprint density at radius 2 is 1.88 bits per heavy atom. The van der Waals surface area contributed by atoms with Gasteiger partial charge in [0.25, 0.3) is 5.91 Å². The molecule has 1 aliphatic heterocycles. The molecule has 0 spiro atoms. The lowest BCUT2D eigenvalue weighted by atomic mass is 10.0. The van der Waals surface area contributed by atoms with E-state index in [-0.39, 0.29) is 13.1 Å². The van der Waals surface area contributed by atoms with Gasteiger partial charge < -0.3 is 9.32 Å². The van der Waals surface area contributed by atoms with Crippen LogP contribution in [-0.4, -0.2) is 41.9 Å². The van der Waals surface area contributed by atoms with Crippen LogP contribution in [0.2, 0.25) is 0 Å². The highest BCUT2D eigenvalue weighted by Crippen LogP contribution is 2.33. The van der Waals surface area contributed by atoms with Gasteiger partial charge >= 0.3 is 6.18 Å². The lowest BCUT2D eigenvalue weighted by molar-refractivity contribution is -0.138. The molecule has 140 valence electrons. The molecule has 0 saturated carbocycles. The van der Waals surface area contributed by atoms with E-state index in [9.17, 15) is 22.4 Å². The molecule has 26 heavy (non-hydrogen) atoms. The largest absolute Gasteiger partial charge is 0.468 e. The molecular weight excluding hydrogens is 352 g/mol. The number of furan rings is 1. The van der Waals surface area contributed by atoms with Gasteiger partial charge in [0.2, 0.25) is 0 Å². The quantitative estimate of drug-likeness (QED) is 0.772. The number of rotatable bonds is 3. The highest BCUT2D eigenvalue weighted by Gasteiger charge is 2.38. The normalized spacial score (nSPS) is 16.5. The van der Waals surface area contributed by atoms with E-state index < -0.39 is 29.0 Å². The molecule has 2 heterocycles. The molecule has 2 aromatic rings. The fraction of sp³-hybridized carbons (Fsp3) is 0.389. The Kier molecular flexibility index (Phi) is 5.31. The van der Waals surface area contributed by atoms with Crippen LogP contribution in [0.25, 0.3) is 0 Å². The average molecular weight is 370 g/mol. The molecule has 4 nitrogen and oxygen atoms in total. The van der Waals surface area contributed by atoms with Crippen molar-refractivity contribution in [2.75, 3.05) is 26.2 Å². The second-order valence-corrected chi connectivity index (χ2v) is 6.16. The van der Waals surface area contributed by atoms with Crippen molar-refractivity contribution < 1.29 is 26.8 Å². The highest BCUT2D eigenvalue weighted by atomic mass is 19.4. The number of hydrogen-bond acceptors (Lipinski definition) is 3. The zero-order valence-corrected chi connectivity index (χ0v) is 13.9. The van der Waals surface area contributed by atoms with E-state index >= 15 is 0 Å². The summed E-state index contributed by atoms with van der Waals surface area (Å²) in [5.74, 6) is -1.30. The van der Waals surface area contributed by atoms with Gasteiger partial charge in [0.15, 0.2) is 0 Å². The molecule has 0 N–H and O–H groups in total. The Bertz CT molecular complexity index is 759. The zero-order valence-electron chi connectivity index (χ0n) is 13.9. The summed E-state index contributed by atoms with van der Waals surface area (Å²) in [7, 11) is 0. The van der Waals surface area contributed by atoms with Gasteiger partial charge in [0.05, 0.1) is 23.9 Å². The molecule has 8 heteroatoms. The second-order valence-electron chi connectivity index (χ2n) is 6.16. The van der Waals surface area contributed by atoms with E-state index in [4.69, 9.17) is 4.42 Å². The number of alkyl halides is 3.